The lowest BCUT2D eigenvalue weighted by molar-refractivity contribution is 0.0673. The molecule has 2 nitrogen and oxygen atoms in total. The van der Waals surface area contributed by atoms with Crippen LogP contribution in [0.1, 0.15) is 10.5 Å². The van der Waals surface area contributed by atoms with E-state index in [2.05, 4.69) is 4.98 Å². The van der Waals surface area contributed by atoms with Crippen molar-refractivity contribution in [1.29, 1.82) is 0 Å². The van der Waals surface area contributed by atoms with E-state index in [4.69, 9.17) is 23.2 Å². The number of halogens is 4. The van der Waals surface area contributed by atoms with Crippen molar-refractivity contribution in [2.45, 2.75) is 6.43 Å². The average Bonchev–Trinajstić information content (AvgIpc) is 2.03. The third-order valence-corrected chi connectivity index (χ3v) is 1.73. The Kier molecular flexibility index (Phi) is 3.17. The lowest BCUT2D eigenvalue weighted by Crippen LogP contribution is -2.12. The van der Waals surface area contributed by atoms with Gasteiger partial charge in [-0.25, -0.2) is 13.8 Å². The second-order valence-corrected chi connectivity index (χ2v) is 2.99. The van der Waals surface area contributed by atoms with Gasteiger partial charge in [-0.2, -0.15) is 0 Å². The number of nitrogens with zero attached hydrogens (tertiary/aromatic N) is 1. The van der Waals surface area contributed by atoms with Gasteiger partial charge < -0.3 is 0 Å². The van der Waals surface area contributed by atoms with Gasteiger partial charge in [-0.3, -0.25) is 4.79 Å². The van der Waals surface area contributed by atoms with Crippen molar-refractivity contribution in [3.8, 4) is 0 Å². The highest BCUT2D eigenvalue weighted by atomic mass is 35.5. The number of alkyl halides is 2. The Balaban J connectivity index is 3.09. The molecule has 1 heterocycles. The molecule has 0 atom stereocenters. The summed E-state index contributed by atoms with van der Waals surface area (Å²) in [5, 5.41) is 0.0219. The molecule has 0 saturated carbocycles. The van der Waals surface area contributed by atoms with E-state index in [0.29, 0.717) is 0 Å². The summed E-state index contributed by atoms with van der Waals surface area (Å²) in [5.74, 6) is -1.40. The number of hydrogen-bond acceptors (Lipinski definition) is 2. The van der Waals surface area contributed by atoms with E-state index in [1.54, 1.807) is 0 Å². The van der Waals surface area contributed by atoms with Crippen LogP contribution in [0, 0.1) is 0 Å². The van der Waals surface area contributed by atoms with Gasteiger partial charge in [0.05, 0.1) is 10.0 Å². The van der Waals surface area contributed by atoms with Crippen LogP contribution in [0.4, 0.5) is 8.78 Å². The molecule has 0 fully saturated rings. The minimum Gasteiger partial charge on any atom is -0.286 e. The third kappa shape index (κ3) is 2.35. The van der Waals surface area contributed by atoms with Crippen molar-refractivity contribution in [3.05, 3.63) is 28.0 Å². The molecule has 0 bridgehead atoms. The zero-order valence-electron chi connectivity index (χ0n) is 6.10. The lowest BCUT2D eigenvalue weighted by Gasteiger charge is -2.00. The third-order valence-electron chi connectivity index (χ3n) is 1.24. The molecule has 6 heteroatoms. The molecule has 0 aliphatic heterocycles. The van der Waals surface area contributed by atoms with E-state index in [0.717, 1.165) is 6.20 Å². The molecule has 0 unspecified atom stereocenters. The number of carbonyl (C=O) groups excluding carboxylic acids is 1. The quantitative estimate of drug-likeness (QED) is 0.725. The number of aromatic nitrogens is 1. The summed E-state index contributed by atoms with van der Waals surface area (Å²) in [6.07, 6.45) is -2.02. The molecular weight excluding hydrogens is 223 g/mol. The molecule has 0 saturated heterocycles. The first-order valence-electron chi connectivity index (χ1n) is 3.16. The van der Waals surface area contributed by atoms with Crippen LogP contribution in [0.5, 0.6) is 0 Å². The fraction of sp³-hybridized carbons (Fsp3) is 0.143. The number of rotatable bonds is 2. The van der Waals surface area contributed by atoms with Crippen LogP contribution in [0.25, 0.3) is 0 Å². The Labute approximate surface area is 82.5 Å². The Morgan fingerprint density at radius 3 is 2.54 bits per heavy atom. The zero-order chi connectivity index (χ0) is 10.0. The van der Waals surface area contributed by atoms with E-state index >= 15 is 0 Å². The van der Waals surface area contributed by atoms with Gasteiger partial charge >= 0.3 is 6.43 Å². The molecule has 0 aromatic carbocycles. The van der Waals surface area contributed by atoms with Crippen LogP contribution >= 0.6 is 23.2 Å². The summed E-state index contributed by atoms with van der Waals surface area (Å²) in [6.45, 7) is 0. The van der Waals surface area contributed by atoms with Gasteiger partial charge in [0.25, 0.3) is 0 Å². The van der Waals surface area contributed by atoms with Gasteiger partial charge in [-0.1, -0.05) is 23.2 Å². The van der Waals surface area contributed by atoms with Crippen molar-refractivity contribution in [1.82, 2.24) is 4.98 Å². The molecule has 0 N–H and O–H groups in total. The van der Waals surface area contributed by atoms with Crippen molar-refractivity contribution in [2.24, 2.45) is 0 Å². The highest BCUT2D eigenvalue weighted by molar-refractivity contribution is 6.36. The van der Waals surface area contributed by atoms with Gasteiger partial charge in [-0.05, 0) is 6.07 Å². The van der Waals surface area contributed by atoms with Crippen LogP contribution in [0.15, 0.2) is 12.3 Å². The van der Waals surface area contributed by atoms with Gasteiger partial charge in [0.2, 0.25) is 5.78 Å². The zero-order valence-corrected chi connectivity index (χ0v) is 7.61. The minimum absolute atomic E-state index is 0.169. The average molecular weight is 226 g/mol. The van der Waals surface area contributed by atoms with E-state index in [1.165, 1.54) is 6.07 Å². The van der Waals surface area contributed by atoms with Crippen molar-refractivity contribution in [3.63, 3.8) is 0 Å². The predicted octanol–water partition coefficient (Wildman–Crippen LogP) is 2.84. The molecule has 13 heavy (non-hydrogen) atoms. The summed E-state index contributed by atoms with van der Waals surface area (Å²) in [7, 11) is 0. The van der Waals surface area contributed by atoms with Crippen LogP contribution in [-0.4, -0.2) is 17.2 Å². The molecule has 0 amide bonds. The smallest absolute Gasteiger partial charge is 0.286 e. The summed E-state index contributed by atoms with van der Waals surface area (Å²) in [5.41, 5.74) is -0.457. The van der Waals surface area contributed by atoms with Crippen LogP contribution in [-0.2, 0) is 0 Å². The molecule has 1 aromatic heterocycles. The second-order valence-electron chi connectivity index (χ2n) is 2.15. The first-order chi connectivity index (χ1) is 6.02. The molecule has 1 rings (SSSR count). The highest BCUT2D eigenvalue weighted by Crippen LogP contribution is 2.20. The van der Waals surface area contributed by atoms with Crippen molar-refractivity contribution in [2.75, 3.05) is 0 Å². The maximum absolute atomic E-state index is 11.9. The van der Waals surface area contributed by atoms with Crippen molar-refractivity contribution >= 4 is 29.0 Å². The maximum Gasteiger partial charge on any atom is 0.302 e. The van der Waals surface area contributed by atoms with Crippen molar-refractivity contribution < 1.29 is 13.6 Å². The Bertz CT molecular complexity index is 343. The van der Waals surface area contributed by atoms with Crippen LogP contribution < -0.4 is 0 Å². The summed E-state index contributed by atoms with van der Waals surface area (Å²) < 4.78 is 23.8. The monoisotopic (exact) mass is 225 g/mol. The molecule has 0 aliphatic rings. The Hall–Kier alpha value is -0.740. The van der Waals surface area contributed by atoms with Gasteiger partial charge in [0, 0.05) is 6.20 Å². The van der Waals surface area contributed by atoms with E-state index in [1.807, 2.05) is 0 Å². The fourth-order valence-electron chi connectivity index (χ4n) is 0.699. The first kappa shape index (κ1) is 10.3. The number of pyridine rings is 1. The number of ketones is 1. The largest absolute Gasteiger partial charge is 0.302 e. The lowest BCUT2D eigenvalue weighted by atomic mass is 10.2. The Morgan fingerprint density at radius 2 is 2.08 bits per heavy atom. The Morgan fingerprint density at radius 1 is 1.46 bits per heavy atom. The normalized spacial score (nSPS) is 10.5. The minimum atomic E-state index is -3.11. The molecule has 1 aromatic rings. The first-order valence-corrected chi connectivity index (χ1v) is 3.91. The van der Waals surface area contributed by atoms with Crippen LogP contribution in [0.3, 0.4) is 0 Å². The van der Waals surface area contributed by atoms with E-state index in [-0.39, 0.29) is 10.0 Å². The van der Waals surface area contributed by atoms with Gasteiger partial charge in [0.1, 0.15) is 5.69 Å². The highest BCUT2D eigenvalue weighted by Gasteiger charge is 2.21. The molecule has 0 spiro atoms. The standard InChI is InChI=1S/C7H3Cl2F2NO/c8-3-1-4(9)5(12-2-3)6(13)7(10)11/h1-2,7H. The number of carbonyl (C=O) groups is 1. The molecule has 0 aliphatic carbocycles. The molecule has 70 valence electrons. The fourth-order valence-corrected chi connectivity index (χ4v) is 1.17. The van der Waals surface area contributed by atoms with Crippen LogP contribution in [0.2, 0.25) is 10.0 Å². The van der Waals surface area contributed by atoms with E-state index < -0.39 is 17.9 Å². The van der Waals surface area contributed by atoms with Gasteiger partial charge in [0.15, 0.2) is 0 Å². The summed E-state index contributed by atoms with van der Waals surface area (Å²) in [6, 6.07) is 1.19. The second kappa shape index (κ2) is 3.98. The molecular formula is C7H3Cl2F2NO. The number of Topliss-reactive ketones (excluding diaryl/α,β-unsaturated/α-hetero) is 1. The van der Waals surface area contributed by atoms with E-state index in [9.17, 15) is 13.6 Å². The van der Waals surface area contributed by atoms with Gasteiger partial charge in [-0.15, -0.1) is 0 Å². The predicted molar refractivity (Wildman–Crippen MR) is 44.6 cm³/mol. The summed E-state index contributed by atoms with van der Waals surface area (Å²) in [4.78, 5) is 14.1. The molecule has 0 radical (unpaired) electrons. The maximum atomic E-state index is 11.9. The topological polar surface area (TPSA) is 30.0 Å². The number of hydrogen-bond donors (Lipinski definition) is 0. The summed E-state index contributed by atoms with van der Waals surface area (Å²) >= 11 is 10.9. The SMILES string of the molecule is O=C(c1ncc(Cl)cc1Cl)C(F)F.